The molecule has 1 aliphatic rings. The zero-order valence-electron chi connectivity index (χ0n) is 12.9. The number of carbonyl (C=O) groups is 4. The van der Waals surface area contributed by atoms with Gasteiger partial charge in [-0.2, -0.15) is 0 Å². The van der Waals surface area contributed by atoms with Crippen molar-refractivity contribution in [2.24, 2.45) is 0 Å². The summed E-state index contributed by atoms with van der Waals surface area (Å²) in [5.74, 6) is -2.95. The molecule has 1 unspecified atom stereocenters. The molecule has 0 aliphatic carbocycles. The molecule has 1 heterocycles. The quantitative estimate of drug-likeness (QED) is 0.369. The lowest BCUT2D eigenvalue weighted by molar-refractivity contribution is -0.234. The molecular formula is C13H17BrO9. The maximum atomic E-state index is 11.9. The summed E-state index contributed by atoms with van der Waals surface area (Å²) in [6.07, 6.45) is -5.06. The van der Waals surface area contributed by atoms with Crippen LogP contribution >= 0.6 is 15.9 Å². The van der Waals surface area contributed by atoms with Gasteiger partial charge in [0.15, 0.2) is 29.4 Å². The van der Waals surface area contributed by atoms with Crippen molar-refractivity contribution < 1.29 is 42.9 Å². The summed E-state index contributed by atoms with van der Waals surface area (Å²) in [5.41, 5.74) is 0. The first-order valence-corrected chi connectivity index (χ1v) is 7.48. The molecule has 0 aromatic carbocycles. The second kappa shape index (κ2) is 8.25. The minimum atomic E-state index is -1.36. The van der Waals surface area contributed by atoms with E-state index in [4.69, 9.17) is 18.9 Å². The summed E-state index contributed by atoms with van der Waals surface area (Å²) in [6, 6.07) is 0. The Hall–Kier alpha value is -1.68. The zero-order chi connectivity index (χ0) is 17.7. The largest absolute Gasteiger partial charge is 0.467 e. The summed E-state index contributed by atoms with van der Waals surface area (Å²) in [4.78, 5) is 45.8. The Bertz CT molecular complexity index is 492. The van der Waals surface area contributed by atoms with E-state index in [0.717, 1.165) is 27.9 Å². The number of methoxy groups -OCH3 is 1. The van der Waals surface area contributed by atoms with Gasteiger partial charge in [0.25, 0.3) is 0 Å². The second-order valence-electron chi connectivity index (χ2n) is 4.65. The fraction of sp³-hybridized carbons (Fsp3) is 0.692. The molecule has 0 amide bonds. The number of rotatable bonds is 4. The Labute approximate surface area is 140 Å². The smallest absolute Gasteiger partial charge is 0.339 e. The Balaban J connectivity index is 3.21. The van der Waals surface area contributed by atoms with E-state index in [2.05, 4.69) is 20.7 Å². The summed E-state index contributed by atoms with van der Waals surface area (Å²) in [7, 11) is 1.12. The van der Waals surface area contributed by atoms with E-state index in [0.29, 0.717) is 0 Å². The van der Waals surface area contributed by atoms with Gasteiger partial charge in [0.1, 0.15) is 0 Å². The lowest BCUT2D eigenvalue weighted by Gasteiger charge is -2.41. The first kappa shape index (κ1) is 19.4. The molecule has 1 rings (SSSR count). The maximum absolute atomic E-state index is 11.9. The summed E-state index contributed by atoms with van der Waals surface area (Å²) >= 11 is 3.11. The van der Waals surface area contributed by atoms with Crippen LogP contribution in [0.5, 0.6) is 0 Å². The van der Waals surface area contributed by atoms with Crippen molar-refractivity contribution in [1.29, 1.82) is 0 Å². The van der Waals surface area contributed by atoms with E-state index in [1.807, 2.05) is 0 Å². The first-order chi connectivity index (χ1) is 10.7. The molecular weight excluding hydrogens is 380 g/mol. The van der Waals surface area contributed by atoms with Crippen LogP contribution in [0.2, 0.25) is 0 Å². The molecule has 0 bridgehead atoms. The summed E-state index contributed by atoms with van der Waals surface area (Å²) in [5, 5.41) is -0.980. The van der Waals surface area contributed by atoms with Crippen molar-refractivity contribution in [2.75, 3.05) is 7.11 Å². The number of ether oxygens (including phenoxy) is 5. The fourth-order valence-corrected chi connectivity index (χ4v) is 2.71. The van der Waals surface area contributed by atoms with Crippen molar-refractivity contribution >= 4 is 39.8 Å². The average Bonchev–Trinajstić information content (AvgIpc) is 2.43. The van der Waals surface area contributed by atoms with Gasteiger partial charge in [0.2, 0.25) is 0 Å². The molecule has 1 saturated heterocycles. The third-order valence-corrected chi connectivity index (χ3v) is 3.56. The van der Waals surface area contributed by atoms with Gasteiger partial charge in [-0.3, -0.25) is 14.4 Å². The summed E-state index contributed by atoms with van der Waals surface area (Å²) < 4.78 is 25.2. The monoisotopic (exact) mass is 396 g/mol. The van der Waals surface area contributed by atoms with Crippen LogP contribution in [-0.4, -0.2) is 60.4 Å². The lowest BCUT2D eigenvalue weighted by atomic mass is 9.99. The van der Waals surface area contributed by atoms with Crippen LogP contribution in [0.25, 0.3) is 0 Å². The number of halogens is 1. The molecule has 1 aliphatic heterocycles. The number of carbonyl (C=O) groups excluding carboxylic acids is 4. The van der Waals surface area contributed by atoms with Crippen LogP contribution in [0.1, 0.15) is 20.8 Å². The van der Waals surface area contributed by atoms with Crippen molar-refractivity contribution in [2.45, 2.75) is 50.2 Å². The predicted molar refractivity (Wildman–Crippen MR) is 76.3 cm³/mol. The van der Waals surface area contributed by atoms with Gasteiger partial charge in [-0.15, -0.1) is 0 Å². The molecule has 10 heteroatoms. The van der Waals surface area contributed by atoms with Gasteiger partial charge in [0.05, 0.1) is 7.11 Å². The van der Waals surface area contributed by atoms with E-state index >= 15 is 0 Å². The first-order valence-electron chi connectivity index (χ1n) is 6.56. The van der Waals surface area contributed by atoms with Crippen LogP contribution in [0, 0.1) is 0 Å². The number of hydrogen-bond donors (Lipinski definition) is 0. The molecule has 0 aromatic heterocycles. The molecule has 9 nitrogen and oxygen atoms in total. The Kier molecular flexibility index (Phi) is 6.95. The third-order valence-electron chi connectivity index (χ3n) is 2.82. The summed E-state index contributed by atoms with van der Waals surface area (Å²) in [6.45, 7) is 3.39. The van der Waals surface area contributed by atoms with Crippen LogP contribution in [0.4, 0.5) is 0 Å². The molecule has 23 heavy (non-hydrogen) atoms. The van der Waals surface area contributed by atoms with Crippen LogP contribution < -0.4 is 0 Å². The van der Waals surface area contributed by atoms with Crippen LogP contribution in [0.3, 0.4) is 0 Å². The molecule has 0 spiro atoms. The Morgan fingerprint density at radius 3 is 1.70 bits per heavy atom. The van der Waals surface area contributed by atoms with Crippen molar-refractivity contribution in [3.8, 4) is 0 Å². The van der Waals surface area contributed by atoms with Gasteiger partial charge < -0.3 is 23.7 Å². The van der Waals surface area contributed by atoms with E-state index in [-0.39, 0.29) is 0 Å². The standard InChI is InChI=1S/C13H17BrO9/c1-5(15)20-8-9(21-6(2)16)11(13(18)19-4)23-12(14)10(8)22-7(3)17/h8-12H,1-4H3/t8-,9-,10+,11-,12?/m0/s1. The lowest BCUT2D eigenvalue weighted by Crippen LogP contribution is -2.61. The normalized spacial score (nSPS) is 30.0. The van der Waals surface area contributed by atoms with Gasteiger partial charge in [0, 0.05) is 20.8 Å². The number of hydrogen-bond acceptors (Lipinski definition) is 9. The van der Waals surface area contributed by atoms with Gasteiger partial charge >= 0.3 is 23.9 Å². The van der Waals surface area contributed by atoms with Gasteiger partial charge in [-0.05, 0) is 0 Å². The predicted octanol–water partition coefficient (Wildman–Crippen LogP) is 0.0743. The molecule has 5 atom stereocenters. The Morgan fingerprint density at radius 1 is 0.826 bits per heavy atom. The third kappa shape index (κ3) is 5.17. The second-order valence-corrected chi connectivity index (χ2v) is 5.56. The minimum Gasteiger partial charge on any atom is -0.467 e. The fourth-order valence-electron chi connectivity index (χ4n) is 2.07. The maximum Gasteiger partial charge on any atom is 0.339 e. The SMILES string of the molecule is COC(=O)[C@H]1OC(Br)[C@H](OC(C)=O)[C@@H](OC(C)=O)[C@@H]1OC(C)=O. The topological polar surface area (TPSA) is 114 Å². The minimum absolute atomic E-state index is 0.668. The molecule has 130 valence electrons. The van der Waals surface area contributed by atoms with Crippen LogP contribution in [-0.2, 0) is 42.9 Å². The van der Waals surface area contributed by atoms with Gasteiger partial charge in [-0.1, -0.05) is 15.9 Å². The van der Waals surface area contributed by atoms with Gasteiger partial charge in [-0.25, -0.2) is 4.79 Å². The van der Waals surface area contributed by atoms with Crippen LogP contribution in [0.15, 0.2) is 0 Å². The highest BCUT2D eigenvalue weighted by molar-refractivity contribution is 9.09. The van der Waals surface area contributed by atoms with Crippen molar-refractivity contribution in [3.05, 3.63) is 0 Å². The number of esters is 4. The molecule has 0 saturated carbocycles. The average molecular weight is 397 g/mol. The Morgan fingerprint density at radius 2 is 1.26 bits per heavy atom. The van der Waals surface area contributed by atoms with E-state index < -0.39 is 53.3 Å². The molecule has 0 radical (unpaired) electrons. The highest BCUT2D eigenvalue weighted by atomic mass is 79.9. The molecule has 0 N–H and O–H groups in total. The highest BCUT2D eigenvalue weighted by Gasteiger charge is 2.53. The highest BCUT2D eigenvalue weighted by Crippen LogP contribution is 2.31. The van der Waals surface area contributed by atoms with E-state index in [1.54, 1.807) is 0 Å². The van der Waals surface area contributed by atoms with E-state index in [9.17, 15) is 19.2 Å². The number of alkyl halides is 1. The van der Waals surface area contributed by atoms with Crippen molar-refractivity contribution in [1.82, 2.24) is 0 Å². The molecule has 1 fully saturated rings. The zero-order valence-corrected chi connectivity index (χ0v) is 14.5. The van der Waals surface area contributed by atoms with E-state index in [1.165, 1.54) is 0 Å². The van der Waals surface area contributed by atoms with Crippen molar-refractivity contribution in [3.63, 3.8) is 0 Å². The molecule has 0 aromatic rings.